The summed E-state index contributed by atoms with van der Waals surface area (Å²) in [4.78, 5) is 12.0. The Labute approximate surface area is 82.0 Å². The second-order valence-corrected chi connectivity index (χ2v) is 3.88. The van der Waals surface area contributed by atoms with Crippen LogP contribution in [-0.4, -0.2) is 25.0 Å². The number of hydrogen-bond acceptors (Lipinski definition) is 4. The molecule has 2 heterocycles. The van der Waals surface area contributed by atoms with E-state index in [0.29, 0.717) is 18.8 Å². The van der Waals surface area contributed by atoms with Crippen LogP contribution in [0.5, 0.6) is 0 Å². The Morgan fingerprint density at radius 2 is 2.50 bits per heavy atom. The zero-order valence-electron chi connectivity index (χ0n) is 8.03. The summed E-state index contributed by atoms with van der Waals surface area (Å²) < 4.78 is 10.1. The average molecular weight is 195 g/mol. The monoisotopic (exact) mass is 195 g/mol. The number of rotatable bonds is 2. The summed E-state index contributed by atoms with van der Waals surface area (Å²) in [6.45, 7) is 2.66. The van der Waals surface area contributed by atoms with Crippen molar-refractivity contribution in [3.05, 3.63) is 24.2 Å². The van der Waals surface area contributed by atoms with Gasteiger partial charge in [-0.3, -0.25) is 4.79 Å². The molecule has 76 valence electrons. The molecule has 0 bridgehead atoms. The summed E-state index contributed by atoms with van der Waals surface area (Å²) in [5.41, 5.74) is 5.80. The minimum Gasteiger partial charge on any atom is -0.472 e. The fourth-order valence-electron chi connectivity index (χ4n) is 1.65. The summed E-state index contributed by atoms with van der Waals surface area (Å²) in [6, 6.07) is 1.42. The van der Waals surface area contributed by atoms with Crippen LogP contribution in [0.15, 0.2) is 23.0 Å². The van der Waals surface area contributed by atoms with Crippen LogP contribution in [0.1, 0.15) is 17.3 Å². The van der Waals surface area contributed by atoms with Crippen LogP contribution in [-0.2, 0) is 4.74 Å². The van der Waals surface area contributed by atoms with E-state index in [0.717, 1.165) is 0 Å². The molecule has 2 rings (SSSR count). The highest BCUT2D eigenvalue weighted by Crippen LogP contribution is 2.31. The van der Waals surface area contributed by atoms with Gasteiger partial charge in [-0.1, -0.05) is 0 Å². The molecule has 4 nitrogen and oxygen atoms in total. The molecule has 4 heteroatoms. The minimum atomic E-state index is -0.607. The molecule has 0 radical (unpaired) electrons. The maximum atomic E-state index is 12.0. The largest absolute Gasteiger partial charge is 0.472 e. The Morgan fingerprint density at radius 3 is 3.00 bits per heavy atom. The quantitative estimate of drug-likeness (QED) is 0.710. The Kier molecular flexibility index (Phi) is 2.17. The molecule has 0 spiro atoms. The molecule has 1 aliphatic rings. The van der Waals surface area contributed by atoms with Crippen LogP contribution in [0.4, 0.5) is 0 Å². The van der Waals surface area contributed by atoms with Crippen LogP contribution in [0, 0.1) is 5.41 Å². The minimum absolute atomic E-state index is 0.00347. The lowest BCUT2D eigenvalue weighted by atomic mass is 9.79. The highest BCUT2D eigenvalue weighted by Gasteiger charge is 2.44. The Bertz CT molecular complexity index is 333. The fraction of sp³-hybridized carbons (Fsp3) is 0.500. The van der Waals surface area contributed by atoms with E-state index in [9.17, 15) is 4.79 Å². The lowest BCUT2D eigenvalue weighted by Crippen LogP contribution is -2.44. The summed E-state index contributed by atoms with van der Waals surface area (Å²) in [5, 5.41) is 0. The molecule has 1 aromatic heterocycles. The molecular weight excluding hydrogens is 182 g/mol. The van der Waals surface area contributed by atoms with Crippen molar-refractivity contribution in [1.82, 2.24) is 0 Å². The number of nitrogens with two attached hydrogens (primary N) is 1. The third-order valence-electron chi connectivity index (χ3n) is 2.82. The average Bonchev–Trinajstić information content (AvgIpc) is 2.77. The van der Waals surface area contributed by atoms with E-state index in [1.54, 1.807) is 6.07 Å². The lowest BCUT2D eigenvalue weighted by molar-refractivity contribution is 0.0767. The second kappa shape index (κ2) is 3.22. The molecule has 1 saturated heterocycles. The third-order valence-corrected chi connectivity index (χ3v) is 2.82. The van der Waals surface area contributed by atoms with Gasteiger partial charge in [0, 0.05) is 6.04 Å². The number of ether oxygens (including phenoxy) is 1. The summed E-state index contributed by atoms with van der Waals surface area (Å²) >= 11 is 0. The normalized spacial score (nSPS) is 32.0. The molecule has 2 atom stereocenters. The van der Waals surface area contributed by atoms with Crippen LogP contribution < -0.4 is 5.73 Å². The topological polar surface area (TPSA) is 65.5 Å². The SMILES string of the molecule is CC1(C(=O)c2ccoc2)COCC1N. The van der Waals surface area contributed by atoms with Gasteiger partial charge in [0.25, 0.3) is 0 Å². The zero-order valence-corrected chi connectivity index (χ0v) is 8.03. The molecular formula is C10H13NO3. The second-order valence-electron chi connectivity index (χ2n) is 3.88. The summed E-state index contributed by atoms with van der Waals surface area (Å²) in [6.07, 6.45) is 2.93. The third kappa shape index (κ3) is 1.27. The predicted octanol–water partition coefficient (Wildman–Crippen LogP) is 0.826. The van der Waals surface area contributed by atoms with E-state index in [1.807, 2.05) is 6.92 Å². The molecule has 2 unspecified atom stereocenters. The first kappa shape index (κ1) is 9.43. The van der Waals surface area contributed by atoms with Gasteiger partial charge in [-0.15, -0.1) is 0 Å². The number of ketones is 1. The first-order valence-electron chi connectivity index (χ1n) is 4.55. The Morgan fingerprint density at radius 1 is 1.71 bits per heavy atom. The van der Waals surface area contributed by atoms with Crippen molar-refractivity contribution in [2.45, 2.75) is 13.0 Å². The van der Waals surface area contributed by atoms with Crippen molar-refractivity contribution < 1.29 is 13.9 Å². The van der Waals surface area contributed by atoms with Crippen molar-refractivity contribution in [3.63, 3.8) is 0 Å². The highest BCUT2D eigenvalue weighted by molar-refractivity contribution is 6.00. The molecule has 0 saturated carbocycles. The predicted molar refractivity (Wildman–Crippen MR) is 49.9 cm³/mol. The van der Waals surface area contributed by atoms with E-state index in [-0.39, 0.29) is 11.8 Å². The van der Waals surface area contributed by atoms with Crippen LogP contribution >= 0.6 is 0 Å². The van der Waals surface area contributed by atoms with Crippen molar-refractivity contribution in [2.24, 2.45) is 11.1 Å². The first-order valence-corrected chi connectivity index (χ1v) is 4.55. The van der Waals surface area contributed by atoms with E-state index < -0.39 is 5.41 Å². The highest BCUT2D eigenvalue weighted by atomic mass is 16.5. The van der Waals surface area contributed by atoms with E-state index >= 15 is 0 Å². The number of Topliss-reactive ketones (excluding diaryl/α,β-unsaturated/α-hetero) is 1. The van der Waals surface area contributed by atoms with Gasteiger partial charge in [0.2, 0.25) is 0 Å². The molecule has 0 aromatic carbocycles. The summed E-state index contributed by atoms with van der Waals surface area (Å²) in [5.74, 6) is -0.00347. The van der Waals surface area contributed by atoms with Crippen molar-refractivity contribution in [1.29, 1.82) is 0 Å². The van der Waals surface area contributed by atoms with Gasteiger partial charge in [-0.2, -0.15) is 0 Å². The van der Waals surface area contributed by atoms with Crippen LogP contribution in [0.3, 0.4) is 0 Å². The van der Waals surface area contributed by atoms with Crippen LogP contribution in [0.2, 0.25) is 0 Å². The van der Waals surface area contributed by atoms with Gasteiger partial charge in [0.1, 0.15) is 6.26 Å². The van der Waals surface area contributed by atoms with Gasteiger partial charge in [0.15, 0.2) is 5.78 Å². The van der Waals surface area contributed by atoms with Crippen molar-refractivity contribution >= 4 is 5.78 Å². The maximum absolute atomic E-state index is 12.0. The number of carbonyl (C=O) groups is 1. The maximum Gasteiger partial charge on any atom is 0.175 e. The smallest absolute Gasteiger partial charge is 0.175 e. The van der Waals surface area contributed by atoms with Gasteiger partial charge < -0.3 is 14.9 Å². The summed E-state index contributed by atoms with van der Waals surface area (Å²) in [7, 11) is 0. The first-order chi connectivity index (χ1) is 6.64. The number of hydrogen-bond donors (Lipinski definition) is 1. The Balaban J connectivity index is 2.27. The molecule has 0 amide bonds. The molecule has 0 aliphatic carbocycles. The van der Waals surface area contributed by atoms with E-state index in [2.05, 4.69) is 0 Å². The van der Waals surface area contributed by atoms with E-state index in [4.69, 9.17) is 14.9 Å². The fourth-order valence-corrected chi connectivity index (χ4v) is 1.65. The number of furan rings is 1. The van der Waals surface area contributed by atoms with Gasteiger partial charge in [-0.25, -0.2) is 0 Å². The Hall–Kier alpha value is -1.13. The molecule has 2 N–H and O–H groups in total. The van der Waals surface area contributed by atoms with Gasteiger partial charge in [-0.05, 0) is 13.0 Å². The van der Waals surface area contributed by atoms with E-state index in [1.165, 1.54) is 12.5 Å². The van der Waals surface area contributed by atoms with Crippen molar-refractivity contribution in [2.75, 3.05) is 13.2 Å². The molecule has 14 heavy (non-hydrogen) atoms. The molecule has 1 fully saturated rings. The standard InChI is InChI=1S/C10H13NO3/c1-10(6-14-5-8(10)11)9(12)7-2-3-13-4-7/h2-4,8H,5-6,11H2,1H3. The molecule has 1 aromatic rings. The number of carbonyl (C=O) groups excluding carboxylic acids is 1. The lowest BCUT2D eigenvalue weighted by Gasteiger charge is -2.24. The molecule has 1 aliphatic heterocycles. The van der Waals surface area contributed by atoms with Gasteiger partial charge >= 0.3 is 0 Å². The van der Waals surface area contributed by atoms with Crippen molar-refractivity contribution in [3.8, 4) is 0 Å². The van der Waals surface area contributed by atoms with Gasteiger partial charge in [0.05, 0.1) is 30.5 Å². The zero-order chi connectivity index (χ0) is 10.2. The van der Waals surface area contributed by atoms with Crippen LogP contribution in [0.25, 0.3) is 0 Å².